The third-order valence-corrected chi connectivity index (χ3v) is 5.06. The fraction of sp³-hybridized carbons (Fsp3) is 0.333. The van der Waals surface area contributed by atoms with Crippen LogP contribution in [0.1, 0.15) is 13.3 Å². The van der Waals surface area contributed by atoms with Gasteiger partial charge in [0.1, 0.15) is 5.82 Å². The smallest absolute Gasteiger partial charge is 0.328 e. The molecule has 1 amide bonds. The largest absolute Gasteiger partial charge is 0.382 e. The monoisotopic (exact) mass is 381 g/mol. The highest BCUT2D eigenvalue weighted by molar-refractivity contribution is 5.91. The summed E-state index contributed by atoms with van der Waals surface area (Å²) in [6.07, 6.45) is 4.56. The highest BCUT2D eigenvalue weighted by atomic mass is 19.1. The first kappa shape index (κ1) is 18.3. The lowest BCUT2D eigenvalue weighted by Gasteiger charge is -2.36. The van der Waals surface area contributed by atoms with Crippen molar-refractivity contribution in [1.29, 1.82) is 0 Å². The van der Waals surface area contributed by atoms with E-state index in [2.05, 4.69) is 22.1 Å². The molecule has 3 heterocycles. The van der Waals surface area contributed by atoms with Crippen LogP contribution >= 0.6 is 0 Å². The minimum Gasteiger partial charge on any atom is -0.382 e. The number of carbonyl (C=O) groups excluding carboxylic acids is 1. The fourth-order valence-electron chi connectivity index (χ4n) is 3.59. The van der Waals surface area contributed by atoms with Crippen molar-refractivity contribution in [1.82, 2.24) is 14.5 Å². The highest BCUT2D eigenvalue weighted by Crippen LogP contribution is 2.24. The van der Waals surface area contributed by atoms with Crippen LogP contribution in [0.4, 0.5) is 20.7 Å². The van der Waals surface area contributed by atoms with Gasteiger partial charge in [-0.25, -0.2) is 14.2 Å². The summed E-state index contributed by atoms with van der Waals surface area (Å²) in [5.41, 5.74) is 1.76. The maximum absolute atomic E-state index is 13.4. The number of benzene rings is 1. The van der Waals surface area contributed by atoms with Crippen LogP contribution in [0.15, 0.2) is 48.8 Å². The first-order valence-corrected chi connectivity index (χ1v) is 9.67. The number of fused-ring (bicyclic) bond motifs is 1. The number of hydrogen-bond acceptors (Lipinski definition) is 4. The number of carbonyl (C=O) groups is 1. The molecule has 1 saturated heterocycles. The third-order valence-electron chi connectivity index (χ3n) is 5.06. The average Bonchev–Trinajstić information content (AvgIpc) is 3.15. The summed E-state index contributed by atoms with van der Waals surface area (Å²) in [7, 11) is 0. The molecule has 1 aromatic carbocycles. The molecule has 0 radical (unpaired) electrons. The lowest BCUT2D eigenvalue weighted by Crippen LogP contribution is -2.50. The normalized spacial score (nSPS) is 14.5. The molecule has 28 heavy (non-hydrogen) atoms. The maximum Gasteiger partial charge on any atom is 0.328 e. The summed E-state index contributed by atoms with van der Waals surface area (Å²) < 4.78 is 15.0. The second kappa shape index (κ2) is 7.88. The summed E-state index contributed by atoms with van der Waals surface area (Å²) in [5, 5.41) is 4.15. The van der Waals surface area contributed by atoms with Gasteiger partial charge in [-0.2, -0.15) is 0 Å². The SMILES string of the molecule is CCCNc1cccnc1N1CCN(C(=O)n2ccc3cc(F)ccc32)CC1. The summed E-state index contributed by atoms with van der Waals surface area (Å²) >= 11 is 0. The van der Waals surface area contributed by atoms with Crippen molar-refractivity contribution in [2.75, 3.05) is 42.9 Å². The number of amides is 1. The molecule has 6 nitrogen and oxygen atoms in total. The molecule has 7 heteroatoms. The zero-order chi connectivity index (χ0) is 19.5. The molecule has 0 saturated carbocycles. The van der Waals surface area contributed by atoms with Gasteiger partial charge in [-0.1, -0.05) is 6.92 Å². The molecule has 1 N–H and O–H groups in total. The Morgan fingerprint density at radius 3 is 2.79 bits per heavy atom. The Morgan fingerprint density at radius 1 is 1.18 bits per heavy atom. The first-order chi connectivity index (χ1) is 13.7. The number of hydrogen-bond donors (Lipinski definition) is 1. The number of piperazine rings is 1. The van der Waals surface area contributed by atoms with Crippen molar-refractivity contribution in [3.05, 3.63) is 54.6 Å². The Bertz CT molecular complexity index is 978. The van der Waals surface area contributed by atoms with E-state index in [1.165, 1.54) is 12.1 Å². The highest BCUT2D eigenvalue weighted by Gasteiger charge is 2.24. The van der Waals surface area contributed by atoms with E-state index >= 15 is 0 Å². The van der Waals surface area contributed by atoms with E-state index in [1.54, 1.807) is 29.1 Å². The summed E-state index contributed by atoms with van der Waals surface area (Å²) in [4.78, 5) is 21.6. The third kappa shape index (κ3) is 3.52. The number of rotatable bonds is 4. The van der Waals surface area contributed by atoms with Crippen LogP contribution < -0.4 is 10.2 Å². The van der Waals surface area contributed by atoms with E-state index in [4.69, 9.17) is 0 Å². The van der Waals surface area contributed by atoms with Gasteiger partial charge >= 0.3 is 6.03 Å². The van der Waals surface area contributed by atoms with Crippen LogP contribution in [0, 0.1) is 5.82 Å². The molecule has 0 bridgehead atoms. The van der Waals surface area contributed by atoms with Crippen LogP contribution in [0.5, 0.6) is 0 Å². The Morgan fingerprint density at radius 2 is 2.00 bits per heavy atom. The van der Waals surface area contributed by atoms with Gasteiger partial charge < -0.3 is 15.1 Å². The van der Waals surface area contributed by atoms with Crippen LogP contribution in [0.2, 0.25) is 0 Å². The van der Waals surface area contributed by atoms with E-state index in [1.807, 2.05) is 17.0 Å². The van der Waals surface area contributed by atoms with Gasteiger partial charge in [0, 0.05) is 50.5 Å². The molecule has 0 atom stereocenters. The average molecular weight is 381 g/mol. The molecule has 0 aliphatic carbocycles. The molecule has 3 aromatic rings. The summed E-state index contributed by atoms with van der Waals surface area (Å²) in [6, 6.07) is 10.2. The minimum absolute atomic E-state index is 0.0772. The lowest BCUT2D eigenvalue weighted by molar-refractivity contribution is 0.197. The standard InChI is InChI=1S/C21H24FN5O/c1-2-8-23-18-4-3-9-24-20(18)25-11-13-26(14-12-25)21(28)27-10-7-16-15-17(22)5-6-19(16)27/h3-7,9-10,15,23H,2,8,11-14H2,1H3. The van der Waals surface area contributed by atoms with Crippen LogP contribution in [-0.2, 0) is 0 Å². The lowest BCUT2D eigenvalue weighted by atomic mass is 10.2. The molecule has 1 fully saturated rings. The number of pyridine rings is 1. The van der Waals surface area contributed by atoms with Crippen LogP contribution in [0.3, 0.4) is 0 Å². The van der Waals surface area contributed by atoms with Crippen LogP contribution in [-0.4, -0.2) is 53.2 Å². The number of anilines is 2. The Balaban J connectivity index is 1.46. The topological polar surface area (TPSA) is 53.4 Å². The van der Waals surface area contributed by atoms with Crippen molar-refractivity contribution in [2.24, 2.45) is 0 Å². The van der Waals surface area contributed by atoms with Crippen molar-refractivity contribution in [3.8, 4) is 0 Å². The van der Waals surface area contributed by atoms with E-state index in [9.17, 15) is 9.18 Å². The molecule has 4 rings (SSSR count). The molecule has 1 aliphatic heterocycles. The van der Waals surface area contributed by atoms with E-state index < -0.39 is 0 Å². The van der Waals surface area contributed by atoms with Gasteiger partial charge in [0.15, 0.2) is 5.82 Å². The quantitative estimate of drug-likeness (QED) is 0.747. The number of aromatic nitrogens is 2. The molecule has 0 spiro atoms. The number of nitrogens with zero attached hydrogens (tertiary/aromatic N) is 4. The van der Waals surface area contributed by atoms with Gasteiger partial charge in [-0.15, -0.1) is 0 Å². The molecular formula is C21H24FN5O. The second-order valence-corrected chi connectivity index (χ2v) is 6.95. The van der Waals surface area contributed by atoms with E-state index in [0.29, 0.717) is 13.1 Å². The van der Waals surface area contributed by atoms with Gasteiger partial charge in [0.05, 0.1) is 11.2 Å². The Labute approximate surface area is 163 Å². The predicted octanol–water partition coefficient (Wildman–Crippen LogP) is 3.79. The number of halogens is 1. The minimum atomic E-state index is -0.297. The van der Waals surface area contributed by atoms with Crippen LogP contribution in [0.25, 0.3) is 10.9 Å². The Hall–Kier alpha value is -3.09. The van der Waals surface area contributed by atoms with Gasteiger partial charge in [0.25, 0.3) is 0 Å². The molecule has 0 unspecified atom stereocenters. The van der Waals surface area contributed by atoms with Crippen molar-refractivity contribution >= 4 is 28.4 Å². The van der Waals surface area contributed by atoms with Crippen molar-refractivity contribution in [3.63, 3.8) is 0 Å². The number of nitrogens with one attached hydrogen (secondary N) is 1. The molecule has 2 aromatic heterocycles. The zero-order valence-corrected chi connectivity index (χ0v) is 15.9. The Kier molecular flexibility index (Phi) is 5.14. The fourth-order valence-corrected chi connectivity index (χ4v) is 3.59. The first-order valence-electron chi connectivity index (χ1n) is 9.67. The summed E-state index contributed by atoms with van der Waals surface area (Å²) in [6.45, 7) is 5.70. The van der Waals surface area contributed by atoms with Gasteiger partial charge in [-0.05, 0) is 42.8 Å². The maximum atomic E-state index is 13.4. The second-order valence-electron chi connectivity index (χ2n) is 6.95. The molecule has 146 valence electrons. The van der Waals surface area contributed by atoms with E-state index in [0.717, 1.165) is 48.5 Å². The molecule has 1 aliphatic rings. The predicted molar refractivity (Wildman–Crippen MR) is 109 cm³/mol. The van der Waals surface area contributed by atoms with Crippen molar-refractivity contribution < 1.29 is 9.18 Å². The molecular weight excluding hydrogens is 357 g/mol. The zero-order valence-electron chi connectivity index (χ0n) is 15.9. The van der Waals surface area contributed by atoms with E-state index in [-0.39, 0.29) is 11.8 Å². The van der Waals surface area contributed by atoms with Gasteiger partial charge in [0.2, 0.25) is 0 Å². The van der Waals surface area contributed by atoms with Gasteiger partial charge in [-0.3, -0.25) is 4.57 Å². The van der Waals surface area contributed by atoms with Crippen molar-refractivity contribution in [2.45, 2.75) is 13.3 Å². The summed E-state index contributed by atoms with van der Waals surface area (Å²) in [5.74, 6) is 0.638.